The van der Waals surface area contributed by atoms with E-state index in [4.69, 9.17) is 9.47 Å². The molecule has 1 saturated carbocycles. The number of amides is 1. The normalized spacial score (nSPS) is 21.1. The van der Waals surface area contributed by atoms with Crippen molar-refractivity contribution in [2.24, 2.45) is 0 Å². The zero-order valence-electron chi connectivity index (χ0n) is 17.2. The van der Waals surface area contributed by atoms with E-state index >= 15 is 0 Å². The van der Waals surface area contributed by atoms with Gasteiger partial charge in [0.1, 0.15) is 17.7 Å². The zero-order chi connectivity index (χ0) is 19.3. The molecule has 0 spiro atoms. The first-order valence-corrected chi connectivity index (χ1v) is 10.5. The Kier molecular flexibility index (Phi) is 10.1. The second-order valence-corrected chi connectivity index (χ2v) is 8.02. The van der Waals surface area contributed by atoms with Crippen molar-refractivity contribution in [1.82, 2.24) is 9.80 Å². The number of piperidine rings is 1. The molecule has 0 radical (unpaired) electrons. The van der Waals surface area contributed by atoms with E-state index in [0.29, 0.717) is 19.0 Å². The predicted molar refractivity (Wildman–Crippen MR) is 120 cm³/mol. The number of anilines is 1. The fourth-order valence-electron chi connectivity index (χ4n) is 4.13. The van der Waals surface area contributed by atoms with E-state index in [1.165, 1.54) is 25.3 Å². The van der Waals surface area contributed by atoms with Crippen molar-refractivity contribution >= 4 is 36.4 Å². The van der Waals surface area contributed by atoms with Crippen molar-refractivity contribution in [2.75, 3.05) is 51.3 Å². The number of likely N-dealkylation sites (tertiary alicyclic amines) is 1. The van der Waals surface area contributed by atoms with E-state index in [-0.39, 0.29) is 49.1 Å². The molecule has 4 rings (SSSR count). The Balaban J connectivity index is 0.00000160. The predicted octanol–water partition coefficient (Wildman–Crippen LogP) is 3.34. The van der Waals surface area contributed by atoms with Gasteiger partial charge in [-0.3, -0.25) is 9.69 Å². The van der Waals surface area contributed by atoms with Crippen LogP contribution in [0.2, 0.25) is 0 Å². The smallest absolute Gasteiger partial charge is 0.238 e. The van der Waals surface area contributed by atoms with Gasteiger partial charge in [-0.25, -0.2) is 4.39 Å². The van der Waals surface area contributed by atoms with E-state index in [0.717, 1.165) is 45.1 Å². The van der Waals surface area contributed by atoms with Crippen molar-refractivity contribution in [3.63, 3.8) is 0 Å². The second kappa shape index (κ2) is 12.1. The average molecular weight is 464 g/mol. The molecule has 30 heavy (non-hydrogen) atoms. The van der Waals surface area contributed by atoms with Gasteiger partial charge in [0.25, 0.3) is 0 Å². The molecular formula is C21H32Cl2FN3O3. The molecule has 0 bridgehead atoms. The van der Waals surface area contributed by atoms with Gasteiger partial charge < -0.3 is 19.7 Å². The maximum absolute atomic E-state index is 14.4. The molecule has 170 valence electrons. The van der Waals surface area contributed by atoms with Gasteiger partial charge in [0.2, 0.25) is 5.91 Å². The van der Waals surface area contributed by atoms with Gasteiger partial charge in [0.15, 0.2) is 0 Å². The minimum atomic E-state index is -0.459. The third kappa shape index (κ3) is 6.69. The number of hydrogen-bond acceptors (Lipinski definition) is 5. The minimum Gasteiger partial charge on any atom is -0.490 e. The average Bonchev–Trinajstić information content (AvgIpc) is 2.65. The zero-order valence-corrected chi connectivity index (χ0v) is 18.8. The maximum atomic E-state index is 14.4. The van der Waals surface area contributed by atoms with E-state index < -0.39 is 5.82 Å². The molecule has 6 nitrogen and oxygen atoms in total. The summed E-state index contributed by atoms with van der Waals surface area (Å²) in [6.07, 6.45) is 6.12. The van der Waals surface area contributed by atoms with Crippen molar-refractivity contribution in [3.05, 3.63) is 24.0 Å². The lowest BCUT2D eigenvalue weighted by molar-refractivity contribution is -0.118. The summed E-state index contributed by atoms with van der Waals surface area (Å²) in [4.78, 5) is 16.7. The standard InChI is InChI=1S/C21H30FN3O3.2ClH/c22-19-14-18(28-17-6-8-25(9-7-17)16-2-1-3-16)4-5-20(19)23-21(26)15-24-10-12-27-13-11-24;;/h4-5,14,16-17H,1-3,6-13,15H2,(H,23,26);2*1H. The number of hydrogen-bond donors (Lipinski definition) is 1. The fourth-order valence-corrected chi connectivity index (χ4v) is 4.13. The van der Waals surface area contributed by atoms with E-state index in [1.54, 1.807) is 12.1 Å². The van der Waals surface area contributed by atoms with Crippen LogP contribution in [0.3, 0.4) is 0 Å². The molecule has 1 aromatic rings. The number of ether oxygens (including phenoxy) is 2. The Labute approximate surface area is 190 Å². The van der Waals surface area contributed by atoms with Gasteiger partial charge in [0, 0.05) is 38.3 Å². The number of nitrogens with zero attached hydrogens (tertiary/aromatic N) is 2. The number of carbonyl (C=O) groups excluding carboxylic acids is 1. The van der Waals surface area contributed by atoms with Crippen LogP contribution in [0.4, 0.5) is 10.1 Å². The van der Waals surface area contributed by atoms with Crippen LogP contribution in [0.25, 0.3) is 0 Å². The lowest BCUT2D eigenvalue weighted by Gasteiger charge is -2.41. The highest BCUT2D eigenvalue weighted by Gasteiger charge is 2.29. The largest absolute Gasteiger partial charge is 0.490 e. The summed E-state index contributed by atoms with van der Waals surface area (Å²) in [7, 11) is 0. The molecular weight excluding hydrogens is 432 g/mol. The van der Waals surface area contributed by atoms with E-state index in [1.807, 2.05) is 4.90 Å². The SMILES string of the molecule is Cl.Cl.O=C(CN1CCOCC1)Nc1ccc(OC2CCN(C3CCC3)CC2)cc1F. The summed E-state index contributed by atoms with van der Waals surface area (Å²) < 4.78 is 25.7. The quantitative estimate of drug-likeness (QED) is 0.700. The van der Waals surface area contributed by atoms with Gasteiger partial charge in [0.05, 0.1) is 25.4 Å². The summed E-state index contributed by atoms with van der Waals surface area (Å²) in [6, 6.07) is 5.48. The summed E-state index contributed by atoms with van der Waals surface area (Å²) in [5.74, 6) is -0.136. The van der Waals surface area contributed by atoms with Gasteiger partial charge in [-0.1, -0.05) is 6.42 Å². The Morgan fingerprint density at radius 1 is 1.10 bits per heavy atom. The molecule has 2 saturated heterocycles. The van der Waals surface area contributed by atoms with Crippen LogP contribution in [-0.2, 0) is 9.53 Å². The summed E-state index contributed by atoms with van der Waals surface area (Å²) in [6.45, 7) is 5.09. The Morgan fingerprint density at radius 3 is 2.40 bits per heavy atom. The third-order valence-corrected chi connectivity index (χ3v) is 6.06. The van der Waals surface area contributed by atoms with Crippen LogP contribution in [0.15, 0.2) is 18.2 Å². The molecule has 9 heteroatoms. The van der Waals surface area contributed by atoms with Crippen LogP contribution in [-0.4, -0.2) is 73.8 Å². The van der Waals surface area contributed by atoms with E-state index in [2.05, 4.69) is 10.2 Å². The Morgan fingerprint density at radius 2 is 1.80 bits per heavy atom. The molecule has 1 aromatic carbocycles. The first-order valence-electron chi connectivity index (χ1n) is 10.5. The topological polar surface area (TPSA) is 54.0 Å². The third-order valence-electron chi connectivity index (χ3n) is 6.06. The van der Waals surface area contributed by atoms with Gasteiger partial charge in [-0.2, -0.15) is 0 Å². The number of carbonyl (C=O) groups is 1. The van der Waals surface area contributed by atoms with Crippen molar-refractivity contribution in [2.45, 2.75) is 44.2 Å². The highest BCUT2D eigenvalue weighted by molar-refractivity contribution is 5.92. The van der Waals surface area contributed by atoms with Crippen molar-refractivity contribution in [1.29, 1.82) is 0 Å². The minimum absolute atomic E-state index is 0. The number of halogens is 3. The van der Waals surface area contributed by atoms with Crippen LogP contribution in [0.5, 0.6) is 5.75 Å². The fraction of sp³-hybridized carbons (Fsp3) is 0.667. The first-order chi connectivity index (χ1) is 13.7. The molecule has 0 unspecified atom stereocenters. The number of nitrogens with one attached hydrogen (secondary N) is 1. The lowest BCUT2D eigenvalue weighted by Crippen LogP contribution is -2.46. The molecule has 3 aliphatic rings. The maximum Gasteiger partial charge on any atom is 0.238 e. The second-order valence-electron chi connectivity index (χ2n) is 8.02. The Bertz CT molecular complexity index is 679. The number of benzene rings is 1. The molecule has 1 amide bonds. The summed E-state index contributed by atoms with van der Waals surface area (Å²) in [5.41, 5.74) is 0.199. The lowest BCUT2D eigenvalue weighted by atomic mass is 9.90. The van der Waals surface area contributed by atoms with Crippen LogP contribution in [0.1, 0.15) is 32.1 Å². The van der Waals surface area contributed by atoms with Crippen molar-refractivity contribution in [3.8, 4) is 5.75 Å². The molecule has 3 fully saturated rings. The highest BCUT2D eigenvalue weighted by Crippen LogP contribution is 2.29. The van der Waals surface area contributed by atoms with Crippen LogP contribution < -0.4 is 10.1 Å². The first kappa shape index (κ1) is 25.1. The van der Waals surface area contributed by atoms with Gasteiger partial charge >= 0.3 is 0 Å². The van der Waals surface area contributed by atoms with Crippen LogP contribution >= 0.6 is 24.8 Å². The molecule has 0 atom stereocenters. The number of morpholine rings is 1. The molecule has 0 aromatic heterocycles. The number of rotatable bonds is 6. The summed E-state index contributed by atoms with van der Waals surface area (Å²) >= 11 is 0. The monoisotopic (exact) mass is 463 g/mol. The molecule has 1 N–H and O–H groups in total. The van der Waals surface area contributed by atoms with Crippen molar-refractivity contribution < 1.29 is 18.7 Å². The molecule has 2 aliphatic heterocycles. The van der Waals surface area contributed by atoms with Gasteiger partial charge in [-0.05, 0) is 37.8 Å². The molecule has 1 aliphatic carbocycles. The van der Waals surface area contributed by atoms with Crippen LogP contribution in [0, 0.1) is 5.82 Å². The van der Waals surface area contributed by atoms with Gasteiger partial charge in [-0.15, -0.1) is 24.8 Å². The van der Waals surface area contributed by atoms with E-state index in [9.17, 15) is 9.18 Å². The highest BCUT2D eigenvalue weighted by atomic mass is 35.5. The summed E-state index contributed by atoms with van der Waals surface area (Å²) in [5, 5.41) is 2.66. The Hall–Kier alpha value is -1.12. The molecule has 2 heterocycles.